The van der Waals surface area contributed by atoms with Gasteiger partial charge in [0, 0.05) is 23.5 Å². The van der Waals surface area contributed by atoms with Crippen LogP contribution in [0.4, 0.5) is 5.69 Å². The molecule has 3 aromatic rings. The zero-order valence-electron chi connectivity index (χ0n) is 15.5. The smallest absolute Gasteiger partial charge is 0.235 e. The number of nitrogens with one attached hydrogen (secondary N) is 2. The van der Waals surface area contributed by atoms with E-state index in [-0.39, 0.29) is 5.25 Å². The number of aromatic amines is 1. The van der Waals surface area contributed by atoms with Gasteiger partial charge in [-0.3, -0.25) is 4.72 Å². The maximum Gasteiger partial charge on any atom is 0.235 e. The quantitative estimate of drug-likeness (QED) is 0.660. The Kier molecular flexibility index (Phi) is 4.91. The van der Waals surface area contributed by atoms with E-state index in [1.807, 2.05) is 36.5 Å². The van der Waals surface area contributed by atoms with Gasteiger partial charge in [-0.15, -0.1) is 0 Å². The van der Waals surface area contributed by atoms with Gasteiger partial charge in [0.05, 0.1) is 5.25 Å². The first-order valence-electron chi connectivity index (χ1n) is 9.65. The van der Waals surface area contributed by atoms with Gasteiger partial charge < -0.3 is 4.98 Å². The van der Waals surface area contributed by atoms with E-state index in [2.05, 4.69) is 21.6 Å². The molecule has 0 radical (unpaired) electrons. The average Bonchev–Trinajstić information content (AvgIpc) is 3.17. The maximum absolute atomic E-state index is 12.7. The van der Waals surface area contributed by atoms with Gasteiger partial charge in [0.1, 0.15) is 5.65 Å². The van der Waals surface area contributed by atoms with Crippen molar-refractivity contribution in [2.24, 2.45) is 0 Å². The van der Waals surface area contributed by atoms with Crippen molar-refractivity contribution in [1.82, 2.24) is 9.97 Å². The summed E-state index contributed by atoms with van der Waals surface area (Å²) in [6, 6.07) is 9.88. The van der Waals surface area contributed by atoms with E-state index in [9.17, 15) is 8.42 Å². The third-order valence-corrected chi connectivity index (χ3v) is 7.36. The van der Waals surface area contributed by atoms with Crippen molar-refractivity contribution < 1.29 is 8.42 Å². The molecule has 0 amide bonds. The van der Waals surface area contributed by atoms with Crippen LogP contribution < -0.4 is 4.72 Å². The van der Waals surface area contributed by atoms with Crippen molar-refractivity contribution in [3.63, 3.8) is 0 Å². The molecule has 0 spiro atoms. The van der Waals surface area contributed by atoms with Crippen molar-refractivity contribution >= 4 is 26.7 Å². The van der Waals surface area contributed by atoms with Crippen LogP contribution in [0.2, 0.25) is 0 Å². The van der Waals surface area contributed by atoms with E-state index in [1.165, 1.54) is 0 Å². The minimum atomic E-state index is -3.33. The number of pyridine rings is 1. The molecule has 0 unspecified atom stereocenters. The number of aromatic nitrogens is 2. The minimum absolute atomic E-state index is 0.268. The normalized spacial score (nSPS) is 15.9. The van der Waals surface area contributed by atoms with Crippen LogP contribution in [0.1, 0.15) is 44.6 Å². The fraction of sp³-hybridized carbons (Fsp3) is 0.381. The second kappa shape index (κ2) is 7.35. The molecule has 2 aromatic heterocycles. The lowest BCUT2D eigenvalue weighted by molar-refractivity contribution is 0.486. The predicted octanol–water partition coefficient (Wildman–Crippen LogP) is 4.87. The van der Waals surface area contributed by atoms with Gasteiger partial charge in [0.25, 0.3) is 0 Å². The molecular weight excluding hydrogens is 358 g/mol. The highest BCUT2D eigenvalue weighted by Crippen LogP contribution is 2.32. The molecular formula is C21H25N3O2S. The highest BCUT2D eigenvalue weighted by atomic mass is 32.2. The van der Waals surface area contributed by atoms with Gasteiger partial charge in [-0.05, 0) is 60.2 Å². The summed E-state index contributed by atoms with van der Waals surface area (Å²) in [5.74, 6) is 0. The Morgan fingerprint density at radius 1 is 1.11 bits per heavy atom. The van der Waals surface area contributed by atoms with Crippen LogP contribution >= 0.6 is 0 Å². The van der Waals surface area contributed by atoms with Crippen molar-refractivity contribution in [2.45, 2.75) is 50.7 Å². The Morgan fingerprint density at radius 2 is 1.93 bits per heavy atom. The van der Waals surface area contributed by atoms with Crippen molar-refractivity contribution in [3.8, 4) is 11.1 Å². The lowest BCUT2D eigenvalue weighted by atomic mass is 9.96. The van der Waals surface area contributed by atoms with E-state index in [4.69, 9.17) is 0 Å². The molecule has 1 aliphatic carbocycles. The van der Waals surface area contributed by atoms with Crippen molar-refractivity contribution in [1.29, 1.82) is 0 Å². The first-order valence-corrected chi connectivity index (χ1v) is 11.2. The fourth-order valence-corrected chi connectivity index (χ4v) is 5.61. The summed E-state index contributed by atoms with van der Waals surface area (Å²) in [5, 5.41) is 0.804. The van der Waals surface area contributed by atoms with Crippen LogP contribution in [0.25, 0.3) is 22.2 Å². The van der Waals surface area contributed by atoms with Gasteiger partial charge in [0.15, 0.2) is 0 Å². The number of sulfonamides is 1. The minimum Gasteiger partial charge on any atom is -0.346 e. The number of benzene rings is 1. The third kappa shape index (κ3) is 3.58. The summed E-state index contributed by atoms with van der Waals surface area (Å²) >= 11 is 0. The Morgan fingerprint density at radius 3 is 2.70 bits per heavy atom. The van der Waals surface area contributed by atoms with Gasteiger partial charge in [0.2, 0.25) is 10.0 Å². The molecule has 0 atom stereocenters. The molecule has 2 N–H and O–H groups in total. The SMILES string of the molecule is CCc1cc(NS(=O)(=O)C2CCCCC2)ccc1-c1ccnc2[nH]ccc12. The fourth-order valence-electron chi connectivity index (χ4n) is 4.03. The summed E-state index contributed by atoms with van der Waals surface area (Å²) in [7, 11) is -3.33. The number of anilines is 1. The number of fused-ring (bicyclic) bond motifs is 1. The monoisotopic (exact) mass is 383 g/mol. The number of rotatable bonds is 5. The molecule has 0 saturated heterocycles. The number of H-pyrrole nitrogens is 1. The van der Waals surface area contributed by atoms with Crippen molar-refractivity contribution in [3.05, 3.63) is 48.3 Å². The zero-order chi connectivity index (χ0) is 18.9. The second-order valence-corrected chi connectivity index (χ2v) is 9.19. The molecule has 0 aliphatic heterocycles. The zero-order valence-corrected chi connectivity index (χ0v) is 16.3. The summed E-state index contributed by atoms with van der Waals surface area (Å²) in [4.78, 5) is 7.50. The van der Waals surface area contributed by atoms with Gasteiger partial charge >= 0.3 is 0 Å². The Labute approximate surface area is 160 Å². The molecule has 5 nitrogen and oxygen atoms in total. The number of hydrogen-bond acceptors (Lipinski definition) is 3. The van der Waals surface area contributed by atoms with Crippen LogP contribution in [0.5, 0.6) is 0 Å². The largest absolute Gasteiger partial charge is 0.346 e. The molecule has 142 valence electrons. The van der Waals surface area contributed by atoms with Crippen molar-refractivity contribution in [2.75, 3.05) is 4.72 Å². The van der Waals surface area contributed by atoms with Crippen LogP contribution in [0.3, 0.4) is 0 Å². The van der Waals surface area contributed by atoms with E-state index in [1.54, 1.807) is 6.20 Å². The molecule has 2 heterocycles. The lowest BCUT2D eigenvalue weighted by Gasteiger charge is -2.23. The van der Waals surface area contributed by atoms with Crippen LogP contribution in [0.15, 0.2) is 42.7 Å². The number of hydrogen-bond donors (Lipinski definition) is 2. The number of aryl methyl sites for hydroxylation is 1. The first kappa shape index (κ1) is 18.0. The van der Waals surface area contributed by atoms with Gasteiger partial charge in [-0.25, -0.2) is 13.4 Å². The Balaban J connectivity index is 1.67. The summed E-state index contributed by atoms with van der Waals surface area (Å²) < 4.78 is 28.3. The lowest BCUT2D eigenvalue weighted by Crippen LogP contribution is -2.29. The van der Waals surface area contributed by atoms with Gasteiger partial charge in [-0.1, -0.05) is 32.3 Å². The molecule has 1 saturated carbocycles. The Bertz CT molecular complexity index is 1050. The van der Waals surface area contributed by atoms with E-state index in [0.29, 0.717) is 5.69 Å². The molecule has 1 aromatic carbocycles. The van der Waals surface area contributed by atoms with E-state index >= 15 is 0 Å². The standard InChI is InChI=1S/C21H25N3O2S/c1-2-15-14-16(24-27(25,26)17-6-4-3-5-7-17)8-9-18(15)19-10-12-22-21-20(19)11-13-23-21/h8-14,17,24H,2-7H2,1H3,(H,22,23). The molecule has 6 heteroatoms. The molecule has 1 fully saturated rings. The second-order valence-electron chi connectivity index (χ2n) is 7.23. The van der Waals surface area contributed by atoms with Gasteiger partial charge in [-0.2, -0.15) is 0 Å². The molecule has 0 bridgehead atoms. The summed E-state index contributed by atoms with van der Waals surface area (Å²) in [6.45, 7) is 2.09. The first-order chi connectivity index (χ1) is 13.1. The topological polar surface area (TPSA) is 74.8 Å². The van der Waals surface area contributed by atoms with Crippen LogP contribution in [0, 0.1) is 0 Å². The summed E-state index contributed by atoms with van der Waals surface area (Å²) in [6.07, 6.45) is 9.17. The van der Waals surface area contributed by atoms with E-state index < -0.39 is 10.0 Å². The molecule has 27 heavy (non-hydrogen) atoms. The van der Waals surface area contributed by atoms with E-state index in [0.717, 1.165) is 66.2 Å². The highest BCUT2D eigenvalue weighted by Gasteiger charge is 2.27. The molecule has 4 rings (SSSR count). The number of nitrogens with zero attached hydrogens (tertiary/aromatic N) is 1. The predicted molar refractivity (Wildman–Crippen MR) is 110 cm³/mol. The maximum atomic E-state index is 12.7. The highest BCUT2D eigenvalue weighted by molar-refractivity contribution is 7.93. The molecule has 1 aliphatic rings. The van der Waals surface area contributed by atoms with Crippen LogP contribution in [-0.4, -0.2) is 23.6 Å². The Hall–Kier alpha value is -2.34. The third-order valence-electron chi connectivity index (χ3n) is 5.49. The van der Waals surface area contributed by atoms with Crippen LogP contribution in [-0.2, 0) is 16.4 Å². The average molecular weight is 384 g/mol. The summed E-state index contributed by atoms with van der Waals surface area (Å²) in [5.41, 5.74) is 4.86.